The molecule has 0 nitrogen and oxygen atoms in total. The molecule has 0 amide bonds. The van der Waals surface area contributed by atoms with Crippen molar-refractivity contribution in [1.82, 2.24) is 0 Å². The van der Waals surface area contributed by atoms with E-state index in [2.05, 4.69) is 6.92 Å². The molecule has 0 aromatic heterocycles. The Morgan fingerprint density at radius 2 is 1.48 bits per heavy atom. The Labute approximate surface area is 147 Å². The molecule has 1 aliphatic heterocycles. The van der Waals surface area contributed by atoms with Gasteiger partial charge in [0.25, 0.3) is 0 Å². The molecule has 3 rings (SSSR count). The van der Waals surface area contributed by atoms with E-state index < -0.39 is 0 Å². The Balaban J connectivity index is 2.08. The van der Waals surface area contributed by atoms with Gasteiger partial charge in [-0.25, -0.2) is 0 Å². The van der Waals surface area contributed by atoms with E-state index in [-0.39, 0.29) is 36.3 Å². The minimum atomic E-state index is -0.190. The average molecular weight is 427 g/mol. The van der Waals surface area contributed by atoms with Crippen LogP contribution in [0.15, 0.2) is 48.5 Å². The van der Waals surface area contributed by atoms with Crippen LogP contribution < -0.4 is 21.2 Å². The molecule has 0 spiro atoms. The van der Waals surface area contributed by atoms with Crippen LogP contribution in [-0.2, 0) is 3.42 Å². The fraction of sp³-hybridized carbons (Fsp3) is 0.400. The van der Waals surface area contributed by atoms with E-state index in [4.69, 9.17) is 0 Å². The van der Waals surface area contributed by atoms with E-state index in [1.54, 1.807) is 24.3 Å². The van der Waals surface area contributed by atoms with E-state index in [1.165, 1.54) is 41.2 Å². The molecule has 1 atom stereocenters. The van der Waals surface area contributed by atoms with Crippen molar-refractivity contribution >= 4 is 0 Å². The first-order chi connectivity index (χ1) is 11.2. The van der Waals surface area contributed by atoms with Crippen LogP contribution in [0.25, 0.3) is 0 Å². The molecule has 23 heavy (non-hydrogen) atoms. The molecule has 1 fully saturated rings. The van der Waals surface area contributed by atoms with Crippen LogP contribution in [0.2, 0.25) is 0 Å². The first-order valence-corrected chi connectivity index (χ1v) is 10.9. The molecule has 0 bridgehead atoms. The number of benzene rings is 2. The molecule has 0 N–H and O–H groups in total. The third-order valence-corrected chi connectivity index (χ3v) is 9.25. The fourth-order valence-corrected chi connectivity index (χ4v) is 8.37. The second kappa shape index (κ2) is 7.29. The Bertz CT molecular complexity index is 588. The van der Waals surface area contributed by atoms with Crippen molar-refractivity contribution in [2.24, 2.45) is 5.92 Å². The Morgan fingerprint density at radius 1 is 0.957 bits per heavy atom. The monoisotopic (exact) mass is 427 g/mol. The quantitative estimate of drug-likeness (QED) is 0.509. The fourth-order valence-electron chi connectivity index (χ4n) is 3.61. The van der Waals surface area contributed by atoms with Crippen molar-refractivity contribution in [3.63, 3.8) is 0 Å². The van der Waals surface area contributed by atoms with Gasteiger partial charge in [0.2, 0.25) is 0 Å². The molecular formula is C20H22F2I-. The van der Waals surface area contributed by atoms with Gasteiger partial charge >= 0.3 is 148 Å². The summed E-state index contributed by atoms with van der Waals surface area (Å²) in [5, 5.41) is 0. The van der Waals surface area contributed by atoms with Gasteiger partial charge in [0.05, 0.1) is 0 Å². The summed E-state index contributed by atoms with van der Waals surface area (Å²) in [6.07, 6.45) is 4.85. The van der Waals surface area contributed by atoms with Crippen LogP contribution in [0.1, 0.15) is 43.7 Å². The summed E-state index contributed by atoms with van der Waals surface area (Å²) in [5.41, 5.74) is 2.44. The second-order valence-electron chi connectivity index (χ2n) is 6.18. The van der Waals surface area contributed by atoms with Gasteiger partial charge in [-0.2, -0.15) is 0 Å². The Morgan fingerprint density at radius 3 is 1.96 bits per heavy atom. The molecular weight excluding hydrogens is 405 g/mol. The van der Waals surface area contributed by atoms with Crippen molar-refractivity contribution in [3.8, 4) is 0 Å². The molecule has 2 aromatic carbocycles. The molecule has 1 aliphatic rings. The summed E-state index contributed by atoms with van der Waals surface area (Å²) in [5.74, 6) is 0.208. The number of halogens is 3. The molecule has 1 saturated heterocycles. The van der Waals surface area contributed by atoms with Crippen molar-refractivity contribution < 1.29 is 30.0 Å². The van der Waals surface area contributed by atoms with Crippen LogP contribution in [-0.4, -0.2) is 4.43 Å². The number of alkyl halides is 2. The molecule has 0 aliphatic carbocycles. The van der Waals surface area contributed by atoms with E-state index in [0.717, 1.165) is 0 Å². The van der Waals surface area contributed by atoms with Gasteiger partial charge in [-0.3, -0.25) is 0 Å². The molecule has 3 heteroatoms. The van der Waals surface area contributed by atoms with Crippen molar-refractivity contribution in [3.05, 3.63) is 71.3 Å². The molecule has 2 aromatic rings. The predicted molar refractivity (Wildman–Crippen MR) is 86.1 cm³/mol. The van der Waals surface area contributed by atoms with Gasteiger partial charge in [0.1, 0.15) is 0 Å². The SMILES string of the molecule is CCCCC1CC[I-]C1(c1ccc(F)cc1)c1ccc(F)cc1. The van der Waals surface area contributed by atoms with E-state index in [1.807, 2.05) is 24.3 Å². The number of hydrogen-bond donors (Lipinski definition) is 0. The molecule has 124 valence electrons. The van der Waals surface area contributed by atoms with Gasteiger partial charge in [-0.05, 0) is 0 Å². The molecule has 1 unspecified atom stereocenters. The topological polar surface area (TPSA) is 0 Å². The van der Waals surface area contributed by atoms with Gasteiger partial charge < -0.3 is 0 Å². The van der Waals surface area contributed by atoms with Gasteiger partial charge in [0.15, 0.2) is 0 Å². The zero-order valence-electron chi connectivity index (χ0n) is 13.4. The van der Waals surface area contributed by atoms with Crippen LogP contribution in [0, 0.1) is 17.6 Å². The van der Waals surface area contributed by atoms with E-state index >= 15 is 0 Å². The maximum atomic E-state index is 13.4. The molecule has 0 radical (unpaired) electrons. The minimum absolute atomic E-state index is 0.00937. The standard InChI is InChI=1S/C20H22F2I/c1-2-3-4-15-13-14-23-20(15,16-5-9-18(21)10-6-16)17-7-11-19(22)12-8-17/h5-12,15H,2-4,13-14H2,1H3/q-1. The van der Waals surface area contributed by atoms with Crippen LogP contribution in [0.5, 0.6) is 0 Å². The predicted octanol–water partition coefficient (Wildman–Crippen LogP) is 2.51. The first-order valence-electron chi connectivity index (χ1n) is 8.29. The summed E-state index contributed by atoms with van der Waals surface area (Å²) < 4.78 is 28.1. The second-order valence-corrected chi connectivity index (χ2v) is 9.72. The Kier molecular flexibility index (Phi) is 5.34. The van der Waals surface area contributed by atoms with E-state index in [0.29, 0.717) is 5.92 Å². The van der Waals surface area contributed by atoms with Gasteiger partial charge in [-0.15, -0.1) is 0 Å². The summed E-state index contributed by atoms with van der Waals surface area (Å²) in [6.45, 7) is 2.22. The summed E-state index contributed by atoms with van der Waals surface area (Å²) in [6, 6.07) is 14.1. The summed E-state index contributed by atoms with van der Waals surface area (Å²) in [4.78, 5) is 0. The first kappa shape index (κ1) is 16.9. The van der Waals surface area contributed by atoms with Gasteiger partial charge in [-0.1, -0.05) is 0 Å². The normalized spacial score (nSPS) is 20.2. The van der Waals surface area contributed by atoms with Gasteiger partial charge in [0, 0.05) is 0 Å². The number of rotatable bonds is 5. The van der Waals surface area contributed by atoms with Crippen LogP contribution in [0.4, 0.5) is 8.78 Å². The van der Waals surface area contributed by atoms with E-state index in [9.17, 15) is 8.78 Å². The van der Waals surface area contributed by atoms with Crippen molar-refractivity contribution in [1.29, 1.82) is 0 Å². The third-order valence-electron chi connectivity index (χ3n) is 4.76. The average Bonchev–Trinajstić information content (AvgIpc) is 2.99. The van der Waals surface area contributed by atoms with Crippen molar-refractivity contribution in [2.45, 2.75) is 36.0 Å². The van der Waals surface area contributed by atoms with Crippen LogP contribution in [0.3, 0.4) is 0 Å². The maximum absolute atomic E-state index is 13.4. The molecule has 1 heterocycles. The molecule has 0 saturated carbocycles. The van der Waals surface area contributed by atoms with Crippen molar-refractivity contribution in [2.75, 3.05) is 4.43 Å². The number of hydrogen-bond acceptors (Lipinski definition) is 0. The summed E-state index contributed by atoms with van der Waals surface area (Å²) >= 11 is -0.0904. The number of unbranched alkanes of at least 4 members (excludes halogenated alkanes) is 1. The van der Waals surface area contributed by atoms with Crippen LogP contribution >= 0.6 is 0 Å². The zero-order valence-corrected chi connectivity index (χ0v) is 15.5. The summed E-state index contributed by atoms with van der Waals surface area (Å²) in [7, 11) is 0. The Hall–Kier alpha value is -0.970. The zero-order chi connectivity index (χ0) is 16.3. The third kappa shape index (κ3) is 3.30.